The lowest BCUT2D eigenvalue weighted by Crippen LogP contribution is -2.48. The van der Waals surface area contributed by atoms with Gasteiger partial charge in [0.15, 0.2) is 0 Å². The topological polar surface area (TPSA) is 96.0 Å². The fourth-order valence-electron chi connectivity index (χ4n) is 3.60. The molecule has 9 heteroatoms. The van der Waals surface area contributed by atoms with E-state index in [0.717, 1.165) is 11.8 Å². The van der Waals surface area contributed by atoms with E-state index in [2.05, 4.69) is 5.32 Å². The second-order valence-electron chi connectivity index (χ2n) is 8.96. The smallest absolute Gasteiger partial charge is 0.242 e. The van der Waals surface area contributed by atoms with Gasteiger partial charge in [0.2, 0.25) is 21.8 Å². The van der Waals surface area contributed by atoms with Crippen molar-refractivity contribution in [1.82, 2.24) is 10.2 Å². The van der Waals surface area contributed by atoms with Crippen LogP contribution in [0.15, 0.2) is 54.6 Å². The Labute approximate surface area is 209 Å². The molecule has 1 atom stereocenters. The van der Waals surface area contributed by atoms with E-state index in [0.29, 0.717) is 24.4 Å². The zero-order valence-corrected chi connectivity index (χ0v) is 22.0. The summed E-state index contributed by atoms with van der Waals surface area (Å²) in [5.41, 5.74) is 1.39. The molecular formula is C26H37N3O5S. The van der Waals surface area contributed by atoms with Crippen molar-refractivity contribution in [2.45, 2.75) is 46.2 Å². The van der Waals surface area contributed by atoms with Crippen LogP contribution in [0.25, 0.3) is 0 Å². The lowest BCUT2D eigenvalue weighted by atomic mass is 10.1. The minimum absolute atomic E-state index is 0.102. The van der Waals surface area contributed by atoms with Crippen molar-refractivity contribution in [3.8, 4) is 5.75 Å². The fraction of sp³-hybridized carbons (Fsp3) is 0.462. The number of methoxy groups -OCH3 is 1. The van der Waals surface area contributed by atoms with Crippen LogP contribution in [-0.4, -0.2) is 57.6 Å². The summed E-state index contributed by atoms with van der Waals surface area (Å²) in [5.74, 6) is 0.505. The molecule has 2 aromatic carbocycles. The predicted octanol–water partition coefficient (Wildman–Crippen LogP) is 3.43. The zero-order valence-electron chi connectivity index (χ0n) is 21.2. The molecule has 0 aliphatic heterocycles. The van der Waals surface area contributed by atoms with E-state index >= 15 is 0 Å². The summed E-state index contributed by atoms with van der Waals surface area (Å²) < 4.78 is 31.3. The highest BCUT2D eigenvalue weighted by Crippen LogP contribution is 2.20. The van der Waals surface area contributed by atoms with Crippen LogP contribution in [0.4, 0.5) is 5.69 Å². The van der Waals surface area contributed by atoms with Gasteiger partial charge in [0.05, 0.1) is 19.1 Å². The number of hydrogen-bond acceptors (Lipinski definition) is 5. The van der Waals surface area contributed by atoms with Crippen molar-refractivity contribution < 1.29 is 22.7 Å². The highest BCUT2D eigenvalue weighted by atomic mass is 32.2. The van der Waals surface area contributed by atoms with Crippen molar-refractivity contribution >= 4 is 27.5 Å². The molecule has 0 unspecified atom stereocenters. The highest BCUT2D eigenvalue weighted by Gasteiger charge is 2.26. The van der Waals surface area contributed by atoms with Gasteiger partial charge in [-0.2, -0.15) is 0 Å². The van der Waals surface area contributed by atoms with E-state index in [1.807, 2.05) is 44.2 Å². The molecular weight excluding hydrogens is 466 g/mol. The number of nitrogens with one attached hydrogen (secondary N) is 1. The van der Waals surface area contributed by atoms with Gasteiger partial charge in [-0.05, 0) is 49.1 Å². The van der Waals surface area contributed by atoms with Crippen molar-refractivity contribution in [3.63, 3.8) is 0 Å². The first kappa shape index (κ1) is 28.2. The minimum Gasteiger partial charge on any atom is -0.497 e. The number of rotatable bonds is 13. The number of ether oxygens (including phenoxy) is 1. The lowest BCUT2D eigenvalue weighted by molar-refractivity contribution is -0.140. The van der Waals surface area contributed by atoms with E-state index in [9.17, 15) is 18.0 Å². The number of benzene rings is 2. The number of amides is 2. The van der Waals surface area contributed by atoms with E-state index in [1.165, 1.54) is 9.21 Å². The highest BCUT2D eigenvalue weighted by molar-refractivity contribution is 7.92. The minimum atomic E-state index is -3.51. The average molecular weight is 504 g/mol. The van der Waals surface area contributed by atoms with Crippen molar-refractivity contribution in [2.75, 3.05) is 30.8 Å². The monoisotopic (exact) mass is 503 g/mol. The van der Waals surface area contributed by atoms with Gasteiger partial charge in [-0.3, -0.25) is 13.9 Å². The van der Waals surface area contributed by atoms with Crippen molar-refractivity contribution in [2.24, 2.45) is 5.92 Å². The number of carbonyl (C=O) groups excluding carboxylic acids is 2. The Morgan fingerprint density at radius 2 is 1.71 bits per heavy atom. The predicted molar refractivity (Wildman–Crippen MR) is 139 cm³/mol. The molecule has 0 aliphatic carbocycles. The number of carbonyl (C=O) groups is 2. The molecule has 0 saturated heterocycles. The van der Waals surface area contributed by atoms with Crippen LogP contribution in [0.5, 0.6) is 5.75 Å². The standard InChI is InChI=1S/C26H37N3O5S/c1-20(2)18-27-26(31)21(3)28(19-22-11-9-14-24(17-22)34-4)25(30)15-10-16-29(35(5,32)33)23-12-7-6-8-13-23/h6-9,11-14,17,20-21H,10,15-16,18-19H2,1-5H3,(H,27,31)/t21-/m0/s1. The summed E-state index contributed by atoms with van der Waals surface area (Å²) in [6.07, 6.45) is 1.57. The van der Waals surface area contributed by atoms with E-state index < -0.39 is 16.1 Å². The molecule has 2 amide bonds. The maximum Gasteiger partial charge on any atom is 0.242 e. The molecule has 0 fully saturated rings. The Balaban J connectivity index is 2.16. The van der Waals surface area contributed by atoms with Crippen LogP contribution in [0, 0.1) is 5.92 Å². The van der Waals surface area contributed by atoms with Gasteiger partial charge in [0.25, 0.3) is 0 Å². The van der Waals surface area contributed by atoms with Gasteiger partial charge in [0.1, 0.15) is 11.8 Å². The van der Waals surface area contributed by atoms with E-state index in [1.54, 1.807) is 38.3 Å². The molecule has 0 aromatic heterocycles. The van der Waals surface area contributed by atoms with Gasteiger partial charge >= 0.3 is 0 Å². The second-order valence-corrected chi connectivity index (χ2v) is 10.9. The summed E-state index contributed by atoms with van der Waals surface area (Å²) in [6.45, 7) is 6.64. The molecule has 0 spiro atoms. The number of hydrogen-bond donors (Lipinski definition) is 1. The van der Waals surface area contributed by atoms with Crippen LogP contribution in [-0.2, 0) is 26.2 Å². The normalized spacial score (nSPS) is 12.2. The summed E-state index contributed by atoms with van der Waals surface area (Å²) in [5, 5.41) is 2.90. The first-order chi connectivity index (χ1) is 16.5. The zero-order chi connectivity index (χ0) is 26.0. The van der Waals surface area contributed by atoms with Gasteiger partial charge < -0.3 is 15.0 Å². The van der Waals surface area contributed by atoms with Gasteiger partial charge in [0, 0.05) is 26.1 Å². The molecule has 2 aromatic rings. The van der Waals surface area contributed by atoms with Crippen LogP contribution in [0.2, 0.25) is 0 Å². The Morgan fingerprint density at radius 1 is 1.03 bits per heavy atom. The van der Waals surface area contributed by atoms with Crippen LogP contribution >= 0.6 is 0 Å². The summed E-state index contributed by atoms with van der Waals surface area (Å²) in [4.78, 5) is 27.6. The first-order valence-corrected chi connectivity index (χ1v) is 13.6. The molecule has 0 saturated carbocycles. The average Bonchev–Trinajstić information content (AvgIpc) is 2.82. The van der Waals surface area contributed by atoms with Crippen LogP contribution in [0.3, 0.4) is 0 Å². The first-order valence-electron chi connectivity index (χ1n) is 11.8. The molecule has 0 radical (unpaired) electrons. The Kier molecular flexibility index (Phi) is 10.6. The summed E-state index contributed by atoms with van der Waals surface area (Å²) in [6, 6.07) is 15.5. The Hall–Kier alpha value is -3.07. The summed E-state index contributed by atoms with van der Waals surface area (Å²) >= 11 is 0. The maximum atomic E-state index is 13.3. The fourth-order valence-corrected chi connectivity index (χ4v) is 4.57. The van der Waals surface area contributed by atoms with Gasteiger partial charge in [-0.15, -0.1) is 0 Å². The molecule has 192 valence electrons. The molecule has 0 aliphatic rings. The van der Waals surface area contributed by atoms with Gasteiger partial charge in [-0.1, -0.05) is 44.2 Å². The van der Waals surface area contributed by atoms with Crippen LogP contribution in [0.1, 0.15) is 39.2 Å². The molecule has 8 nitrogen and oxygen atoms in total. The lowest BCUT2D eigenvalue weighted by Gasteiger charge is -2.29. The number of sulfonamides is 1. The third-order valence-corrected chi connectivity index (χ3v) is 6.73. The third-order valence-electron chi connectivity index (χ3n) is 5.54. The number of para-hydroxylation sites is 1. The largest absolute Gasteiger partial charge is 0.497 e. The molecule has 35 heavy (non-hydrogen) atoms. The van der Waals surface area contributed by atoms with Crippen LogP contribution < -0.4 is 14.4 Å². The number of nitrogens with zero attached hydrogens (tertiary/aromatic N) is 2. The van der Waals surface area contributed by atoms with Crippen molar-refractivity contribution in [3.05, 3.63) is 60.2 Å². The third kappa shape index (κ3) is 8.90. The summed E-state index contributed by atoms with van der Waals surface area (Å²) in [7, 11) is -1.93. The van der Waals surface area contributed by atoms with Crippen molar-refractivity contribution in [1.29, 1.82) is 0 Å². The Bertz CT molecular complexity index is 1070. The molecule has 0 heterocycles. The second kappa shape index (κ2) is 13.1. The van der Waals surface area contributed by atoms with E-state index in [4.69, 9.17) is 4.74 Å². The Morgan fingerprint density at radius 3 is 2.31 bits per heavy atom. The quantitative estimate of drug-likeness (QED) is 0.452. The maximum absolute atomic E-state index is 13.3. The molecule has 1 N–H and O–H groups in total. The van der Waals surface area contributed by atoms with E-state index in [-0.39, 0.29) is 37.2 Å². The molecule has 2 rings (SSSR count). The molecule has 0 bridgehead atoms. The number of anilines is 1. The van der Waals surface area contributed by atoms with Gasteiger partial charge in [-0.25, -0.2) is 8.42 Å². The SMILES string of the molecule is COc1cccc(CN(C(=O)CCCN(c2ccccc2)S(C)(=O)=O)[C@@H](C)C(=O)NCC(C)C)c1.